The lowest BCUT2D eigenvalue weighted by molar-refractivity contribution is -0.0499. The van der Waals surface area contributed by atoms with Gasteiger partial charge in [0.1, 0.15) is 17.1 Å². The summed E-state index contributed by atoms with van der Waals surface area (Å²) in [5.41, 5.74) is 0.621. The fraction of sp³-hybridized carbons (Fsp3) is 0.471. The SMILES string of the molecule is CN1CCCN(C2=Cc3cc(OC(F)F)ccc3OC2(C)C)C1=O. The zero-order chi connectivity index (χ0) is 17.5. The number of halogens is 2. The Labute approximate surface area is 139 Å². The standard InChI is InChI=1S/C17H20F2N2O3/c1-17(2)14(21-8-4-7-20(3)16(21)22)10-11-9-12(23-15(18)19)5-6-13(11)24-17/h5-6,9-10,15H,4,7-8H2,1-3H3. The minimum Gasteiger partial charge on any atom is -0.481 e. The molecule has 0 N–H and O–H groups in total. The summed E-state index contributed by atoms with van der Waals surface area (Å²) < 4.78 is 35.3. The van der Waals surface area contributed by atoms with Crippen LogP contribution in [0.1, 0.15) is 25.8 Å². The molecule has 3 rings (SSSR count). The van der Waals surface area contributed by atoms with Gasteiger partial charge in [0.25, 0.3) is 0 Å². The average Bonchev–Trinajstić information content (AvgIpc) is 2.49. The lowest BCUT2D eigenvalue weighted by Crippen LogP contribution is -2.52. The van der Waals surface area contributed by atoms with Crippen LogP contribution in [0.25, 0.3) is 6.08 Å². The molecule has 0 aliphatic carbocycles. The predicted molar refractivity (Wildman–Crippen MR) is 85.1 cm³/mol. The Kier molecular flexibility index (Phi) is 4.11. The Morgan fingerprint density at radius 3 is 2.75 bits per heavy atom. The molecule has 0 unspecified atom stereocenters. The van der Waals surface area contributed by atoms with Crippen LogP contribution in [0.2, 0.25) is 0 Å². The first-order chi connectivity index (χ1) is 11.3. The van der Waals surface area contributed by atoms with E-state index in [0.29, 0.717) is 30.1 Å². The van der Waals surface area contributed by atoms with Crippen molar-refractivity contribution in [1.82, 2.24) is 9.80 Å². The fourth-order valence-electron chi connectivity index (χ4n) is 3.05. The molecule has 24 heavy (non-hydrogen) atoms. The Bertz CT molecular complexity index is 688. The molecule has 2 aliphatic rings. The molecule has 0 radical (unpaired) electrons. The second-order valence-electron chi connectivity index (χ2n) is 6.43. The number of carbonyl (C=O) groups is 1. The van der Waals surface area contributed by atoms with Crippen molar-refractivity contribution in [3.8, 4) is 11.5 Å². The van der Waals surface area contributed by atoms with Gasteiger partial charge in [-0.05, 0) is 44.5 Å². The second-order valence-corrected chi connectivity index (χ2v) is 6.43. The van der Waals surface area contributed by atoms with E-state index in [1.54, 1.807) is 22.9 Å². The van der Waals surface area contributed by atoms with E-state index < -0.39 is 12.2 Å². The van der Waals surface area contributed by atoms with E-state index in [-0.39, 0.29) is 11.8 Å². The van der Waals surface area contributed by atoms with E-state index in [1.807, 2.05) is 19.9 Å². The highest BCUT2D eigenvalue weighted by Crippen LogP contribution is 2.39. The molecule has 7 heteroatoms. The fourth-order valence-corrected chi connectivity index (χ4v) is 3.05. The minimum absolute atomic E-state index is 0.0599. The van der Waals surface area contributed by atoms with Gasteiger partial charge in [-0.2, -0.15) is 8.78 Å². The predicted octanol–water partition coefficient (Wildman–Crippen LogP) is 3.56. The lowest BCUT2D eigenvalue weighted by atomic mass is 9.96. The molecule has 0 aromatic heterocycles. The van der Waals surface area contributed by atoms with E-state index >= 15 is 0 Å². The number of fused-ring (bicyclic) bond motifs is 1. The summed E-state index contributed by atoms with van der Waals surface area (Å²) >= 11 is 0. The van der Waals surface area contributed by atoms with Crippen molar-refractivity contribution < 1.29 is 23.0 Å². The van der Waals surface area contributed by atoms with Crippen molar-refractivity contribution >= 4 is 12.1 Å². The highest BCUT2D eigenvalue weighted by Gasteiger charge is 2.38. The molecular formula is C17H20F2N2O3. The Morgan fingerprint density at radius 1 is 1.29 bits per heavy atom. The molecule has 0 atom stereocenters. The maximum atomic E-state index is 12.5. The summed E-state index contributed by atoms with van der Waals surface area (Å²) in [4.78, 5) is 15.8. The van der Waals surface area contributed by atoms with Gasteiger partial charge in [0.2, 0.25) is 0 Å². The molecule has 5 nitrogen and oxygen atoms in total. The molecule has 1 aromatic carbocycles. The third kappa shape index (κ3) is 3.02. The second kappa shape index (κ2) is 5.96. The summed E-state index contributed by atoms with van der Waals surface area (Å²) in [6.07, 6.45) is 2.67. The number of hydrogen-bond acceptors (Lipinski definition) is 3. The van der Waals surface area contributed by atoms with Crippen LogP contribution in [0, 0.1) is 0 Å². The number of nitrogens with zero attached hydrogens (tertiary/aromatic N) is 2. The van der Waals surface area contributed by atoms with Crippen LogP contribution in [-0.2, 0) is 0 Å². The van der Waals surface area contributed by atoms with E-state index in [9.17, 15) is 13.6 Å². The Hall–Kier alpha value is -2.31. The number of urea groups is 1. The molecule has 2 amide bonds. The molecule has 1 aromatic rings. The topological polar surface area (TPSA) is 42.0 Å². The zero-order valence-electron chi connectivity index (χ0n) is 13.9. The summed E-state index contributed by atoms with van der Waals surface area (Å²) in [6, 6.07) is 4.45. The van der Waals surface area contributed by atoms with E-state index in [1.165, 1.54) is 12.1 Å². The van der Waals surface area contributed by atoms with Gasteiger partial charge in [-0.1, -0.05) is 0 Å². The van der Waals surface area contributed by atoms with Crippen LogP contribution in [0.5, 0.6) is 11.5 Å². The van der Waals surface area contributed by atoms with Crippen molar-refractivity contribution in [2.75, 3.05) is 20.1 Å². The first kappa shape index (κ1) is 16.5. The van der Waals surface area contributed by atoms with Gasteiger partial charge in [0, 0.05) is 25.7 Å². The smallest absolute Gasteiger partial charge is 0.387 e. The highest BCUT2D eigenvalue weighted by molar-refractivity contribution is 5.80. The van der Waals surface area contributed by atoms with Gasteiger partial charge >= 0.3 is 12.6 Å². The maximum Gasteiger partial charge on any atom is 0.387 e. The molecule has 2 aliphatic heterocycles. The van der Waals surface area contributed by atoms with Gasteiger partial charge in [-0.3, -0.25) is 4.90 Å². The van der Waals surface area contributed by atoms with Crippen LogP contribution < -0.4 is 9.47 Å². The maximum absolute atomic E-state index is 12.5. The molecule has 0 saturated carbocycles. The average molecular weight is 338 g/mol. The summed E-state index contributed by atoms with van der Waals surface area (Å²) in [5.74, 6) is 0.632. The number of amides is 2. The molecule has 0 bridgehead atoms. The first-order valence-electron chi connectivity index (χ1n) is 7.80. The van der Waals surface area contributed by atoms with Gasteiger partial charge in [0.05, 0.1) is 5.70 Å². The van der Waals surface area contributed by atoms with Crippen molar-refractivity contribution in [3.63, 3.8) is 0 Å². The molecular weight excluding hydrogens is 318 g/mol. The molecule has 2 heterocycles. The van der Waals surface area contributed by atoms with Crippen molar-refractivity contribution in [3.05, 3.63) is 29.5 Å². The van der Waals surface area contributed by atoms with Crippen molar-refractivity contribution in [2.45, 2.75) is 32.5 Å². The molecule has 0 spiro atoms. The third-order valence-electron chi connectivity index (χ3n) is 4.20. The van der Waals surface area contributed by atoms with Crippen LogP contribution in [0.15, 0.2) is 23.9 Å². The monoisotopic (exact) mass is 338 g/mol. The van der Waals surface area contributed by atoms with Gasteiger partial charge in [-0.15, -0.1) is 0 Å². The zero-order valence-corrected chi connectivity index (χ0v) is 13.9. The quantitative estimate of drug-likeness (QED) is 0.846. The van der Waals surface area contributed by atoms with Gasteiger partial charge < -0.3 is 14.4 Å². The molecule has 130 valence electrons. The van der Waals surface area contributed by atoms with E-state index in [4.69, 9.17) is 4.74 Å². The van der Waals surface area contributed by atoms with Gasteiger partial charge in [0.15, 0.2) is 0 Å². The number of ether oxygens (including phenoxy) is 2. The van der Waals surface area contributed by atoms with E-state index in [2.05, 4.69) is 4.74 Å². The molecule has 1 saturated heterocycles. The van der Waals surface area contributed by atoms with Crippen molar-refractivity contribution in [2.24, 2.45) is 0 Å². The third-order valence-corrected chi connectivity index (χ3v) is 4.20. The van der Waals surface area contributed by atoms with Crippen LogP contribution >= 0.6 is 0 Å². The number of carbonyl (C=O) groups excluding carboxylic acids is 1. The van der Waals surface area contributed by atoms with Crippen LogP contribution in [0.3, 0.4) is 0 Å². The lowest BCUT2D eigenvalue weighted by Gasteiger charge is -2.42. The number of benzene rings is 1. The highest BCUT2D eigenvalue weighted by atomic mass is 19.3. The van der Waals surface area contributed by atoms with E-state index in [0.717, 1.165) is 6.42 Å². The summed E-state index contributed by atoms with van der Waals surface area (Å²) in [5, 5.41) is 0. The van der Waals surface area contributed by atoms with Gasteiger partial charge in [-0.25, -0.2) is 4.79 Å². The summed E-state index contributed by atoms with van der Waals surface area (Å²) in [6.45, 7) is 2.20. The number of rotatable bonds is 3. The number of alkyl halides is 2. The Balaban J connectivity index is 1.99. The van der Waals surface area contributed by atoms with Crippen molar-refractivity contribution in [1.29, 1.82) is 0 Å². The summed E-state index contributed by atoms with van der Waals surface area (Å²) in [7, 11) is 1.76. The van der Waals surface area contributed by atoms with Crippen LogP contribution in [-0.4, -0.2) is 48.2 Å². The normalized spacial score (nSPS) is 19.8. The Morgan fingerprint density at radius 2 is 2.04 bits per heavy atom. The number of hydrogen-bond donors (Lipinski definition) is 0. The van der Waals surface area contributed by atoms with Crippen LogP contribution in [0.4, 0.5) is 13.6 Å². The molecule has 1 fully saturated rings. The largest absolute Gasteiger partial charge is 0.481 e. The first-order valence-corrected chi connectivity index (χ1v) is 7.80. The minimum atomic E-state index is -2.88.